The highest BCUT2D eigenvalue weighted by atomic mass is 16.4. The number of hydrogen-bond acceptors (Lipinski definition) is 2. The van der Waals surface area contributed by atoms with Crippen molar-refractivity contribution in [3.8, 4) is 0 Å². The van der Waals surface area contributed by atoms with Crippen molar-refractivity contribution in [1.82, 2.24) is 9.47 Å². The van der Waals surface area contributed by atoms with Gasteiger partial charge in [0, 0.05) is 47.2 Å². The summed E-state index contributed by atoms with van der Waals surface area (Å²) in [6.45, 7) is 7.52. The van der Waals surface area contributed by atoms with Gasteiger partial charge in [-0.3, -0.25) is 9.59 Å². The van der Waals surface area contributed by atoms with Crippen LogP contribution in [0.4, 0.5) is 0 Å². The Balaban J connectivity index is 1.81. The summed E-state index contributed by atoms with van der Waals surface area (Å²) in [4.78, 5) is 26.3. The van der Waals surface area contributed by atoms with Crippen LogP contribution in [0, 0.1) is 0 Å². The van der Waals surface area contributed by atoms with E-state index in [1.807, 2.05) is 45.9 Å². The lowest BCUT2D eigenvalue weighted by atomic mass is 9.86. The number of aliphatic carboxylic acids is 1. The van der Waals surface area contributed by atoms with Gasteiger partial charge in [-0.25, -0.2) is 0 Å². The average molecular weight is 390 g/mol. The number of fused-ring (bicyclic) bond motifs is 3. The molecule has 29 heavy (non-hydrogen) atoms. The molecule has 0 fully saturated rings. The summed E-state index contributed by atoms with van der Waals surface area (Å²) in [7, 11) is 0. The van der Waals surface area contributed by atoms with E-state index < -0.39 is 5.97 Å². The van der Waals surface area contributed by atoms with Gasteiger partial charge in [0.1, 0.15) is 6.54 Å². The lowest BCUT2D eigenvalue weighted by molar-refractivity contribution is -0.137. The Morgan fingerprint density at radius 3 is 2.45 bits per heavy atom. The molecule has 0 aliphatic carbocycles. The molecule has 150 valence electrons. The third-order valence-corrected chi connectivity index (χ3v) is 5.72. The van der Waals surface area contributed by atoms with Gasteiger partial charge < -0.3 is 14.6 Å². The van der Waals surface area contributed by atoms with E-state index in [1.165, 1.54) is 5.56 Å². The molecule has 0 unspecified atom stereocenters. The van der Waals surface area contributed by atoms with E-state index in [-0.39, 0.29) is 17.9 Å². The van der Waals surface area contributed by atoms with E-state index in [1.54, 1.807) is 0 Å². The van der Waals surface area contributed by atoms with Crippen LogP contribution < -0.4 is 0 Å². The number of amides is 1. The van der Waals surface area contributed by atoms with Crippen molar-refractivity contribution < 1.29 is 14.7 Å². The zero-order valence-electron chi connectivity index (χ0n) is 17.1. The SMILES string of the molecule is CC(C)(C)c1ccc2c(c1)c1c(n2CC(=O)O)CCN(C(=O)c2ccccc2)C1. The highest BCUT2D eigenvalue weighted by Gasteiger charge is 2.28. The summed E-state index contributed by atoms with van der Waals surface area (Å²) >= 11 is 0. The fourth-order valence-electron chi connectivity index (χ4n) is 4.17. The lowest BCUT2D eigenvalue weighted by Gasteiger charge is -2.28. The Morgan fingerprint density at radius 1 is 1.07 bits per heavy atom. The molecule has 0 radical (unpaired) electrons. The summed E-state index contributed by atoms with van der Waals surface area (Å²) in [5.41, 5.74) is 4.91. The average Bonchev–Trinajstić information content (AvgIpc) is 2.99. The molecule has 0 bridgehead atoms. The first kappa shape index (κ1) is 19.2. The first-order valence-electron chi connectivity index (χ1n) is 9.96. The number of benzene rings is 2. The van der Waals surface area contributed by atoms with Crippen LogP contribution in [0.1, 0.15) is 48.0 Å². The maximum absolute atomic E-state index is 13.0. The van der Waals surface area contributed by atoms with Gasteiger partial charge in [0.25, 0.3) is 5.91 Å². The molecule has 5 heteroatoms. The highest BCUT2D eigenvalue weighted by molar-refractivity contribution is 5.95. The van der Waals surface area contributed by atoms with Crippen LogP contribution >= 0.6 is 0 Å². The first-order chi connectivity index (χ1) is 13.8. The molecule has 1 N–H and O–H groups in total. The Kier molecular flexibility index (Phi) is 4.69. The Bertz CT molecular complexity index is 1090. The first-order valence-corrected chi connectivity index (χ1v) is 9.96. The molecule has 1 aliphatic rings. The monoisotopic (exact) mass is 390 g/mol. The van der Waals surface area contributed by atoms with Crippen LogP contribution in [-0.2, 0) is 29.7 Å². The predicted molar refractivity (Wildman–Crippen MR) is 113 cm³/mol. The third kappa shape index (κ3) is 3.53. The number of carbonyl (C=O) groups is 2. The van der Waals surface area contributed by atoms with Crippen LogP contribution in [0.3, 0.4) is 0 Å². The van der Waals surface area contributed by atoms with Crippen molar-refractivity contribution in [3.05, 3.63) is 70.9 Å². The van der Waals surface area contributed by atoms with Gasteiger partial charge >= 0.3 is 5.97 Å². The molecule has 0 saturated heterocycles. The molecule has 1 amide bonds. The smallest absolute Gasteiger partial charge is 0.323 e. The maximum atomic E-state index is 13.0. The van der Waals surface area contributed by atoms with Gasteiger partial charge in [0.15, 0.2) is 0 Å². The van der Waals surface area contributed by atoms with Crippen molar-refractivity contribution in [3.63, 3.8) is 0 Å². The summed E-state index contributed by atoms with van der Waals surface area (Å²) in [5, 5.41) is 10.5. The molecule has 0 atom stereocenters. The second-order valence-corrected chi connectivity index (χ2v) is 8.73. The largest absolute Gasteiger partial charge is 0.480 e. The highest BCUT2D eigenvalue weighted by Crippen LogP contribution is 2.34. The molecule has 1 aromatic heterocycles. The molecule has 3 aromatic rings. The van der Waals surface area contributed by atoms with Crippen LogP contribution in [0.2, 0.25) is 0 Å². The fourth-order valence-corrected chi connectivity index (χ4v) is 4.17. The summed E-state index contributed by atoms with van der Waals surface area (Å²) in [6, 6.07) is 15.6. The van der Waals surface area contributed by atoms with Crippen molar-refractivity contribution in [2.24, 2.45) is 0 Å². The van der Waals surface area contributed by atoms with Gasteiger partial charge in [-0.15, -0.1) is 0 Å². The number of rotatable bonds is 3. The fraction of sp³-hybridized carbons (Fsp3) is 0.333. The number of hydrogen-bond donors (Lipinski definition) is 1. The van der Waals surface area contributed by atoms with Gasteiger partial charge in [-0.2, -0.15) is 0 Å². The zero-order valence-corrected chi connectivity index (χ0v) is 17.1. The summed E-state index contributed by atoms with van der Waals surface area (Å²) in [6.07, 6.45) is 0.653. The van der Waals surface area contributed by atoms with Gasteiger partial charge in [-0.05, 0) is 35.2 Å². The molecule has 5 nitrogen and oxygen atoms in total. The molecule has 2 heterocycles. The van der Waals surface area contributed by atoms with E-state index in [9.17, 15) is 14.7 Å². The standard InChI is InChI=1S/C24H26N2O3/c1-24(2,3)17-9-10-20-18(13-17)19-14-25(23(29)16-7-5-4-6-8-16)12-11-21(19)26(20)15-22(27)28/h4-10,13H,11-12,14-15H2,1-3H3,(H,27,28). The van der Waals surface area contributed by atoms with Gasteiger partial charge in [-0.1, -0.05) is 45.0 Å². The maximum Gasteiger partial charge on any atom is 0.323 e. The van der Waals surface area contributed by atoms with Crippen molar-refractivity contribution >= 4 is 22.8 Å². The normalized spacial score (nSPS) is 14.1. The number of carboxylic acid groups (broad SMARTS) is 1. The predicted octanol–water partition coefficient (Wildman–Crippen LogP) is 4.22. The minimum Gasteiger partial charge on any atom is -0.480 e. The Morgan fingerprint density at radius 2 is 1.79 bits per heavy atom. The third-order valence-electron chi connectivity index (χ3n) is 5.72. The summed E-state index contributed by atoms with van der Waals surface area (Å²) in [5.74, 6) is -0.838. The molecule has 4 rings (SSSR count). The Hall–Kier alpha value is -3.08. The van der Waals surface area contributed by atoms with Crippen molar-refractivity contribution in [2.45, 2.75) is 45.7 Å². The minimum absolute atomic E-state index is 0.00974. The van der Waals surface area contributed by atoms with Gasteiger partial charge in [0.05, 0.1) is 0 Å². The van der Waals surface area contributed by atoms with Crippen molar-refractivity contribution in [1.29, 1.82) is 0 Å². The number of nitrogens with zero attached hydrogens (tertiary/aromatic N) is 2. The zero-order chi connectivity index (χ0) is 20.8. The van der Waals surface area contributed by atoms with Crippen LogP contribution in [-0.4, -0.2) is 33.0 Å². The van der Waals surface area contributed by atoms with E-state index in [2.05, 4.69) is 32.9 Å². The van der Waals surface area contributed by atoms with Gasteiger partial charge in [0.2, 0.25) is 0 Å². The van der Waals surface area contributed by atoms with E-state index in [0.717, 1.165) is 22.2 Å². The van der Waals surface area contributed by atoms with Crippen molar-refractivity contribution in [2.75, 3.05) is 6.54 Å². The van der Waals surface area contributed by atoms with Crippen LogP contribution in [0.5, 0.6) is 0 Å². The molecule has 0 spiro atoms. The van der Waals surface area contributed by atoms with E-state index in [0.29, 0.717) is 25.1 Å². The topological polar surface area (TPSA) is 62.5 Å². The second-order valence-electron chi connectivity index (χ2n) is 8.73. The second kappa shape index (κ2) is 7.07. The molecular formula is C24H26N2O3. The minimum atomic E-state index is -0.854. The molecule has 0 saturated carbocycles. The molecule has 2 aromatic carbocycles. The number of aromatic nitrogens is 1. The number of carbonyl (C=O) groups excluding carboxylic acids is 1. The van der Waals surface area contributed by atoms with E-state index in [4.69, 9.17) is 0 Å². The number of carboxylic acids is 1. The molecular weight excluding hydrogens is 364 g/mol. The van der Waals surface area contributed by atoms with Crippen LogP contribution in [0.25, 0.3) is 10.9 Å². The lowest BCUT2D eigenvalue weighted by Crippen LogP contribution is -2.36. The quantitative estimate of drug-likeness (QED) is 0.728. The summed E-state index contributed by atoms with van der Waals surface area (Å²) < 4.78 is 1.91. The van der Waals surface area contributed by atoms with Crippen LogP contribution in [0.15, 0.2) is 48.5 Å². The molecule has 1 aliphatic heterocycles. The Labute approximate surface area is 170 Å². The van der Waals surface area contributed by atoms with E-state index >= 15 is 0 Å².